The summed E-state index contributed by atoms with van der Waals surface area (Å²) in [4.78, 5) is 22.0. The minimum atomic E-state index is -0.428. The van der Waals surface area contributed by atoms with Gasteiger partial charge in [0.25, 0.3) is 5.84 Å². The fourth-order valence-corrected chi connectivity index (χ4v) is 5.10. The van der Waals surface area contributed by atoms with E-state index in [-0.39, 0.29) is 5.84 Å². The van der Waals surface area contributed by atoms with Crippen molar-refractivity contribution in [3.8, 4) is 11.4 Å². The molecule has 0 amide bonds. The molecule has 5 aromatic heterocycles. The van der Waals surface area contributed by atoms with Crippen molar-refractivity contribution in [2.45, 2.75) is 0 Å². The molecule has 10 nitrogen and oxygen atoms in total. The second-order valence-corrected chi connectivity index (χ2v) is 9.28. The van der Waals surface area contributed by atoms with Crippen LogP contribution in [0.4, 0.5) is 5.69 Å². The quantitative estimate of drug-likeness (QED) is 0.249. The Bertz CT molecular complexity index is 2090. The van der Waals surface area contributed by atoms with Crippen molar-refractivity contribution in [3.63, 3.8) is 0 Å². The highest BCUT2D eigenvalue weighted by molar-refractivity contribution is 6.07. The van der Waals surface area contributed by atoms with Gasteiger partial charge in [0.1, 0.15) is 11.2 Å². The lowest BCUT2D eigenvalue weighted by atomic mass is 10.1. The van der Waals surface area contributed by atoms with Gasteiger partial charge < -0.3 is 15.4 Å². The number of quaternary nitrogens is 2. The van der Waals surface area contributed by atoms with E-state index in [0.29, 0.717) is 16.5 Å². The Balaban J connectivity index is 1.24. The second kappa shape index (κ2) is 8.45. The van der Waals surface area contributed by atoms with Crippen LogP contribution in [-0.2, 0) is 0 Å². The third kappa shape index (κ3) is 3.48. The smallest absolute Gasteiger partial charge is 0.295 e. The highest BCUT2D eigenvalue weighted by Gasteiger charge is 2.26. The monoisotopic (exact) mass is 509 g/mol. The van der Waals surface area contributed by atoms with Crippen molar-refractivity contribution >= 4 is 55.1 Å². The number of nitrogens with zero attached hydrogens (tertiary/aromatic N) is 6. The number of rotatable bonds is 3. The Hall–Kier alpha value is -5.13. The van der Waals surface area contributed by atoms with Crippen LogP contribution in [0.3, 0.4) is 0 Å². The van der Waals surface area contributed by atoms with E-state index in [9.17, 15) is 5.21 Å². The molecule has 0 bridgehead atoms. The minimum absolute atomic E-state index is 0.206. The molecule has 0 aliphatic carbocycles. The molecule has 2 unspecified atom stereocenters. The number of benzene rings is 2. The Morgan fingerprint density at radius 2 is 1.38 bits per heavy atom. The molecule has 0 saturated heterocycles. The molecule has 3 N–H and O–H groups in total. The third-order valence-electron chi connectivity index (χ3n) is 6.99. The third-order valence-corrected chi connectivity index (χ3v) is 6.99. The number of amidine groups is 1. The molecule has 8 rings (SSSR count). The van der Waals surface area contributed by atoms with E-state index in [4.69, 9.17) is 9.97 Å². The summed E-state index contributed by atoms with van der Waals surface area (Å²) < 4.78 is 0. The van der Waals surface area contributed by atoms with Gasteiger partial charge in [-0.25, -0.2) is 15.5 Å². The van der Waals surface area contributed by atoms with Crippen LogP contribution in [0.25, 0.3) is 60.5 Å². The largest absolute Gasteiger partial charge is 0.634 e. The molecule has 1 aliphatic heterocycles. The first kappa shape index (κ1) is 21.9. The van der Waals surface area contributed by atoms with Crippen molar-refractivity contribution in [2.75, 3.05) is 0 Å². The molecule has 2 aromatic carbocycles. The maximum Gasteiger partial charge on any atom is 0.295 e. The van der Waals surface area contributed by atoms with E-state index in [1.165, 1.54) is 0 Å². The van der Waals surface area contributed by atoms with Gasteiger partial charge in [0, 0.05) is 40.8 Å². The van der Waals surface area contributed by atoms with Gasteiger partial charge >= 0.3 is 0 Å². The molecular weight excluding hydrogens is 490 g/mol. The number of H-pyrrole nitrogens is 1. The number of hydrogen-bond donors (Lipinski definition) is 3. The minimum Gasteiger partial charge on any atom is -0.634 e. The molecule has 1 aliphatic rings. The van der Waals surface area contributed by atoms with Gasteiger partial charge in [-0.05, 0) is 41.5 Å². The zero-order valence-corrected chi connectivity index (χ0v) is 20.3. The van der Waals surface area contributed by atoms with Gasteiger partial charge in [0.05, 0.1) is 33.3 Å². The number of pyridine rings is 4. The summed E-state index contributed by atoms with van der Waals surface area (Å²) in [6.07, 6.45) is 5.31. The van der Waals surface area contributed by atoms with Crippen molar-refractivity contribution in [3.05, 3.63) is 114 Å². The summed E-state index contributed by atoms with van der Waals surface area (Å²) in [7, 11) is 0. The van der Waals surface area contributed by atoms with Gasteiger partial charge in [0.15, 0.2) is 5.69 Å². The Kier molecular flexibility index (Phi) is 4.74. The van der Waals surface area contributed by atoms with E-state index >= 15 is 0 Å². The molecule has 7 aromatic rings. The maximum absolute atomic E-state index is 13.1. The molecule has 2 atom stereocenters. The molecule has 0 saturated carbocycles. The fraction of sp³-hybridized carbons (Fsp3) is 0. The summed E-state index contributed by atoms with van der Waals surface area (Å²) in [5.41, 5.74) is 10.2. The number of hydrogen-bond acceptors (Lipinski definition) is 6. The molecule has 0 fully saturated rings. The van der Waals surface area contributed by atoms with Crippen molar-refractivity contribution in [1.29, 1.82) is 0 Å². The zero-order chi connectivity index (χ0) is 25.9. The van der Waals surface area contributed by atoms with E-state index < -0.39 is 5.17 Å². The molecule has 6 heterocycles. The predicted molar refractivity (Wildman–Crippen MR) is 149 cm³/mol. The Labute approximate surface area is 220 Å². The normalized spacial score (nSPS) is 17.4. The lowest BCUT2D eigenvalue weighted by Crippen LogP contribution is -3.14. The first-order valence-corrected chi connectivity index (χ1v) is 12.4. The van der Waals surface area contributed by atoms with Crippen molar-refractivity contribution < 1.29 is 10.3 Å². The molecule has 186 valence electrons. The molecule has 39 heavy (non-hydrogen) atoms. The number of fused-ring (bicyclic) bond motifs is 6. The predicted octanol–water partition coefficient (Wildman–Crippen LogP) is 3.35. The lowest BCUT2D eigenvalue weighted by Gasteiger charge is -2.25. The maximum atomic E-state index is 13.1. The van der Waals surface area contributed by atoms with E-state index in [2.05, 4.69) is 25.6 Å². The summed E-state index contributed by atoms with van der Waals surface area (Å²) >= 11 is 0. The Morgan fingerprint density at radius 3 is 2.23 bits per heavy atom. The van der Waals surface area contributed by atoms with Crippen LogP contribution in [-0.4, -0.2) is 30.8 Å². The number of aromatic nitrogens is 5. The molecule has 0 radical (unpaired) electrons. The molecule has 0 spiro atoms. The van der Waals surface area contributed by atoms with Crippen LogP contribution in [0.1, 0.15) is 5.69 Å². The summed E-state index contributed by atoms with van der Waals surface area (Å²) in [5, 5.41) is 21.4. The highest BCUT2D eigenvalue weighted by atomic mass is 16.6. The van der Waals surface area contributed by atoms with Gasteiger partial charge in [-0.2, -0.15) is 5.12 Å². The fourth-order valence-electron chi connectivity index (χ4n) is 5.10. The van der Waals surface area contributed by atoms with Gasteiger partial charge in [-0.1, -0.05) is 36.4 Å². The van der Waals surface area contributed by atoms with Crippen molar-refractivity contribution in [2.24, 2.45) is 5.10 Å². The summed E-state index contributed by atoms with van der Waals surface area (Å²) in [6.45, 7) is 0. The zero-order valence-electron chi connectivity index (χ0n) is 20.3. The van der Waals surface area contributed by atoms with Crippen LogP contribution in [0, 0.1) is 5.21 Å². The van der Waals surface area contributed by atoms with Crippen molar-refractivity contribution in [1.82, 2.24) is 24.9 Å². The Morgan fingerprint density at radius 1 is 0.667 bits per heavy atom. The van der Waals surface area contributed by atoms with E-state index in [1.54, 1.807) is 18.5 Å². The van der Waals surface area contributed by atoms with E-state index in [0.717, 1.165) is 55.0 Å². The lowest BCUT2D eigenvalue weighted by molar-refractivity contribution is -0.906. The topological polar surface area (TPSA) is 126 Å². The molecule has 10 heteroatoms. The van der Waals surface area contributed by atoms with Crippen LogP contribution < -0.4 is 10.3 Å². The van der Waals surface area contributed by atoms with Gasteiger partial charge in [-0.3, -0.25) is 9.97 Å². The van der Waals surface area contributed by atoms with Crippen LogP contribution >= 0.6 is 0 Å². The summed E-state index contributed by atoms with van der Waals surface area (Å²) in [6, 6.07) is 25.4. The van der Waals surface area contributed by atoms with Gasteiger partial charge in [0.2, 0.25) is 0 Å². The van der Waals surface area contributed by atoms with Crippen LogP contribution in [0.2, 0.25) is 0 Å². The van der Waals surface area contributed by atoms with E-state index in [1.807, 2.05) is 79.0 Å². The number of nitrogens with one attached hydrogen (secondary N) is 3. The second-order valence-electron chi connectivity index (χ2n) is 9.28. The number of hydroxylamine groups is 1. The SMILES string of the molecule is [O-][NH+]1[N-][NH+](c2ccnc3c2ccc2ccc(-c4ccc[nH]4)nc23)N=C1c1ccc2ccc3cccnc3c2n1. The number of aromatic amines is 1. The van der Waals surface area contributed by atoms with Crippen LogP contribution in [0.15, 0.2) is 103 Å². The average Bonchev–Trinajstić information content (AvgIpc) is 3.66. The first-order chi connectivity index (χ1) is 19.2. The summed E-state index contributed by atoms with van der Waals surface area (Å²) in [5.74, 6) is 0.206. The highest BCUT2D eigenvalue weighted by Crippen LogP contribution is 2.28. The van der Waals surface area contributed by atoms with Crippen LogP contribution in [0.5, 0.6) is 0 Å². The molecular formula is C29H19N9O. The average molecular weight is 510 g/mol. The first-order valence-electron chi connectivity index (χ1n) is 12.4. The van der Waals surface area contributed by atoms with Gasteiger partial charge in [-0.15, -0.1) is 0 Å². The standard InChI is InChI=1S/C29H19N9O/c39-38-29(23-12-9-18-6-5-17-3-1-15-31-25(17)26(18)34-23)35-37(36-38)24-13-16-32-28-20(24)10-7-19-8-11-22(33-27(19)28)21-4-2-14-30-21/h1-16,30,37-38H.